The number of nitrogens with one attached hydrogen (secondary N) is 2. The zero-order chi connectivity index (χ0) is 16.0. The van der Waals surface area contributed by atoms with E-state index < -0.39 is 6.10 Å². The largest absolute Gasteiger partial charge is 0.481 e. The minimum absolute atomic E-state index is 0.103. The van der Waals surface area contributed by atoms with Crippen molar-refractivity contribution in [1.29, 1.82) is 0 Å². The quantitative estimate of drug-likeness (QED) is 0.847. The number of hydrogen-bond donors (Lipinski definition) is 2. The molecule has 1 aromatic rings. The van der Waals surface area contributed by atoms with Crippen LogP contribution in [-0.4, -0.2) is 23.6 Å². The maximum absolute atomic E-state index is 12.1. The summed E-state index contributed by atoms with van der Waals surface area (Å²) in [5.41, 5.74) is 0.801. The van der Waals surface area contributed by atoms with E-state index in [2.05, 4.69) is 24.5 Å². The van der Waals surface area contributed by atoms with Crippen LogP contribution in [0.2, 0.25) is 0 Å². The standard InChI is InChI=1S/C17H28N2O2/c1-12(2)18-11-14-9-7-8-10-15(14)21-13(3)16(20)19-17(4,5)6/h7-10,12-13,18H,11H2,1-6H3,(H,19,20). The van der Waals surface area contributed by atoms with E-state index in [0.717, 1.165) is 17.9 Å². The molecule has 0 fully saturated rings. The SMILES string of the molecule is CC(C)NCc1ccccc1OC(C)C(=O)NC(C)(C)C. The fourth-order valence-electron chi connectivity index (χ4n) is 1.79. The second-order valence-electron chi connectivity index (χ2n) is 6.64. The van der Waals surface area contributed by atoms with E-state index in [1.165, 1.54) is 0 Å². The monoisotopic (exact) mass is 292 g/mol. The van der Waals surface area contributed by atoms with E-state index in [-0.39, 0.29) is 11.4 Å². The zero-order valence-electron chi connectivity index (χ0n) is 14.0. The van der Waals surface area contributed by atoms with E-state index >= 15 is 0 Å². The van der Waals surface area contributed by atoms with Gasteiger partial charge in [-0.2, -0.15) is 0 Å². The third-order valence-corrected chi connectivity index (χ3v) is 2.84. The lowest BCUT2D eigenvalue weighted by Gasteiger charge is -2.24. The second-order valence-corrected chi connectivity index (χ2v) is 6.64. The Hall–Kier alpha value is -1.55. The van der Waals surface area contributed by atoms with Crippen LogP contribution in [0.15, 0.2) is 24.3 Å². The first kappa shape index (κ1) is 17.5. The summed E-state index contributed by atoms with van der Waals surface area (Å²) in [5, 5.41) is 6.29. The molecule has 0 aliphatic rings. The van der Waals surface area contributed by atoms with Crippen LogP contribution in [0.3, 0.4) is 0 Å². The fraction of sp³-hybridized carbons (Fsp3) is 0.588. The average molecular weight is 292 g/mol. The van der Waals surface area contributed by atoms with E-state index in [0.29, 0.717) is 6.04 Å². The van der Waals surface area contributed by atoms with Crippen molar-refractivity contribution in [3.8, 4) is 5.75 Å². The maximum Gasteiger partial charge on any atom is 0.261 e. The summed E-state index contributed by atoms with van der Waals surface area (Å²) in [6.45, 7) is 12.6. The number of carbonyl (C=O) groups excluding carboxylic acids is 1. The summed E-state index contributed by atoms with van der Waals surface area (Å²) in [6.07, 6.45) is -0.524. The van der Waals surface area contributed by atoms with Crippen molar-refractivity contribution in [3.05, 3.63) is 29.8 Å². The molecular formula is C17H28N2O2. The first-order valence-electron chi connectivity index (χ1n) is 7.49. The average Bonchev–Trinajstić information content (AvgIpc) is 2.35. The molecular weight excluding hydrogens is 264 g/mol. The zero-order valence-corrected chi connectivity index (χ0v) is 14.0. The number of rotatable bonds is 6. The lowest BCUT2D eigenvalue weighted by molar-refractivity contribution is -0.128. The minimum atomic E-state index is -0.524. The lowest BCUT2D eigenvalue weighted by Crippen LogP contribution is -2.46. The van der Waals surface area contributed by atoms with Crippen molar-refractivity contribution in [3.63, 3.8) is 0 Å². The Kier molecular flexibility index (Phi) is 6.21. The number of para-hydroxylation sites is 1. The Morgan fingerprint density at radius 3 is 2.38 bits per heavy atom. The molecule has 2 N–H and O–H groups in total. The third kappa shape index (κ3) is 6.63. The number of ether oxygens (including phenoxy) is 1. The van der Waals surface area contributed by atoms with Crippen molar-refractivity contribution in [1.82, 2.24) is 10.6 Å². The van der Waals surface area contributed by atoms with Crippen LogP contribution < -0.4 is 15.4 Å². The molecule has 0 aromatic heterocycles. The molecule has 4 nitrogen and oxygen atoms in total. The molecule has 0 aliphatic heterocycles. The first-order chi connectivity index (χ1) is 9.69. The van der Waals surface area contributed by atoms with Crippen LogP contribution in [-0.2, 0) is 11.3 Å². The Bertz CT molecular complexity index is 464. The molecule has 0 bridgehead atoms. The van der Waals surface area contributed by atoms with Crippen LogP contribution in [0, 0.1) is 0 Å². The molecule has 1 amide bonds. The molecule has 0 aliphatic carbocycles. The Balaban J connectivity index is 2.71. The number of hydrogen-bond acceptors (Lipinski definition) is 3. The molecule has 0 spiro atoms. The van der Waals surface area contributed by atoms with Gasteiger partial charge in [0.15, 0.2) is 6.10 Å². The summed E-state index contributed by atoms with van der Waals surface area (Å²) < 4.78 is 5.83. The predicted molar refractivity (Wildman–Crippen MR) is 86.4 cm³/mol. The van der Waals surface area contributed by atoms with Gasteiger partial charge in [-0.15, -0.1) is 0 Å². The van der Waals surface area contributed by atoms with Gasteiger partial charge in [0.25, 0.3) is 5.91 Å². The van der Waals surface area contributed by atoms with Gasteiger partial charge in [-0.1, -0.05) is 32.0 Å². The normalized spacial score (nSPS) is 13.1. The summed E-state index contributed by atoms with van der Waals surface area (Å²) >= 11 is 0. The Morgan fingerprint density at radius 2 is 1.81 bits per heavy atom. The van der Waals surface area contributed by atoms with E-state index in [9.17, 15) is 4.79 Å². The van der Waals surface area contributed by atoms with E-state index in [1.54, 1.807) is 6.92 Å². The molecule has 118 valence electrons. The van der Waals surface area contributed by atoms with Gasteiger partial charge >= 0.3 is 0 Å². The smallest absolute Gasteiger partial charge is 0.261 e. The number of carbonyl (C=O) groups is 1. The molecule has 1 atom stereocenters. The maximum atomic E-state index is 12.1. The van der Waals surface area contributed by atoms with Crippen molar-refractivity contribution >= 4 is 5.91 Å². The summed E-state index contributed by atoms with van der Waals surface area (Å²) in [6, 6.07) is 8.21. The molecule has 0 saturated carbocycles. The minimum Gasteiger partial charge on any atom is -0.481 e. The van der Waals surface area contributed by atoms with Gasteiger partial charge in [0.1, 0.15) is 5.75 Å². The molecule has 0 heterocycles. The van der Waals surface area contributed by atoms with Gasteiger partial charge in [0.2, 0.25) is 0 Å². The lowest BCUT2D eigenvalue weighted by atomic mass is 10.1. The number of amides is 1. The van der Waals surface area contributed by atoms with Crippen molar-refractivity contribution < 1.29 is 9.53 Å². The highest BCUT2D eigenvalue weighted by Gasteiger charge is 2.21. The first-order valence-corrected chi connectivity index (χ1v) is 7.49. The van der Waals surface area contributed by atoms with Crippen molar-refractivity contribution in [2.45, 2.75) is 65.8 Å². The Labute approximate surface area is 128 Å². The van der Waals surface area contributed by atoms with Gasteiger partial charge in [0, 0.05) is 23.7 Å². The Morgan fingerprint density at radius 1 is 1.19 bits per heavy atom. The van der Waals surface area contributed by atoms with E-state index in [1.807, 2.05) is 45.0 Å². The van der Waals surface area contributed by atoms with Crippen LogP contribution in [0.4, 0.5) is 0 Å². The third-order valence-electron chi connectivity index (χ3n) is 2.84. The van der Waals surface area contributed by atoms with Crippen LogP contribution in [0.25, 0.3) is 0 Å². The summed E-state index contributed by atoms with van der Waals surface area (Å²) in [4.78, 5) is 12.1. The van der Waals surface area contributed by atoms with Crippen LogP contribution in [0.5, 0.6) is 5.75 Å². The fourth-order valence-corrected chi connectivity index (χ4v) is 1.79. The summed E-state index contributed by atoms with van der Waals surface area (Å²) in [7, 11) is 0. The van der Waals surface area contributed by atoms with Crippen LogP contribution in [0.1, 0.15) is 47.1 Å². The highest BCUT2D eigenvalue weighted by atomic mass is 16.5. The van der Waals surface area contributed by atoms with E-state index in [4.69, 9.17) is 4.74 Å². The van der Waals surface area contributed by atoms with Crippen LogP contribution >= 0.6 is 0 Å². The molecule has 1 rings (SSSR count). The van der Waals surface area contributed by atoms with Gasteiger partial charge in [-0.25, -0.2) is 0 Å². The van der Waals surface area contributed by atoms with Crippen molar-refractivity contribution in [2.24, 2.45) is 0 Å². The molecule has 0 saturated heterocycles. The molecule has 21 heavy (non-hydrogen) atoms. The molecule has 4 heteroatoms. The predicted octanol–water partition coefficient (Wildman–Crippen LogP) is 2.87. The summed E-state index contributed by atoms with van der Waals surface area (Å²) in [5.74, 6) is 0.649. The van der Waals surface area contributed by atoms with Gasteiger partial charge in [0.05, 0.1) is 0 Å². The molecule has 1 unspecified atom stereocenters. The number of benzene rings is 1. The topological polar surface area (TPSA) is 50.4 Å². The van der Waals surface area contributed by atoms with Gasteiger partial charge in [-0.3, -0.25) is 4.79 Å². The molecule has 1 aromatic carbocycles. The second kappa shape index (κ2) is 7.46. The highest BCUT2D eigenvalue weighted by Crippen LogP contribution is 2.19. The van der Waals surface area contributed by atoms with Gasteiger partial charge in [-0.05, 0) is 33.8 Å². The van der Waals surface area contributed by atoms with Gasteiger partial charge < -0.3 is 15.4 Å². The highest BCUT2D eigenvalue weighted by molar-refractivity contribution is 5.81. The molecule has 0 radical (unpaired) electrons. The van der Waals surface area contributed by atoms with Crippen molar-refractivity contribution in [2.75, 3.05) is 0 Å².